The Morgan fingerprint density at radius 3 is 0.914 bits per heavy atom. The van der Waals surface area contributed by atoms with Crippen LogP contribution in [0.3, 0.4) is 0 Å². The maximum absolute atomic E-state index is 12.9. The zero-order valence-corrected chi connectivity index (χ0v) is 55.9. The first-order chi connectivity index (χ1) is 39.5. The van der Waals surface area contributed by atoms with Crippen LogP contribution in [-0.2, 0) is 32.7 Å². The summed E-state index contributed by atoms with van der Waals surface area (Å²) in [6, 6.07) is 0. The Morgan fingerprint density at radius 2 is 0.630 bits per heavy atom. The molecule has 0 aromatic heterocycles. The van der Waals surface area contributed by atoms with Crippen molar-refractivity contribution in [3.05, 3.63) is 12.2 Å². The minimum atomic E-state index is -4.64. The van der Waals surface area contributed by atoms with Gasteiger partial charge < -0.3 is 27.9 Å². The van der Waals surface area contributed by atoms with Crippen LogP contribution in [0.25, 0.3) is 0 Å². The van der Waals surface area contributed by atoms with Gasteiger partial charge in [0.1, 0.15) is 19.8 Å². The van der Waals surface area contributed by atoms with Gasteiger partial charge in [0.15, 0.2) is 6.10 Å². The molecule has 0 saturated heterocycles. The normalized spacial score (nSPS) is 13.1. The molecule has 0 spiro atoms. The molecule has 9 nitrogen and oxygen atoms in total. The van der Waals surface area contributed by atoms with Crippen LogP contribution < -0.4 is 4.89 Å². The Hall–Kier alpha value is -1.25. The topological polar surface area (TPSA) is 111 Å². The third kappa shape index (κ3) is 67.7. The van der Waals surface area contributed by atoms with Crippen molar-refractivity contribution >= 4 is 19.8 Å². The number of carbonyl (C=O) groups excluding carboxylic acids is 2. The molecular formula is C71H140NO8P. The quantitative estimate of drug-likeness (QED) is 0.0195. The van der Waals surface area contributed by atoms with E-state index in [2.05, 4.69) is 26.0 Å². The number of likely N-dealkylation sites (N-methyl/N-ethyl adjacent to an activating group) is 1. The lowest BCUT2D eigenvalue weighted by atomic mass is 10.0. The molecule has 2 atom stereocenters. The van der Waals surface area contributed by atoms with Gasteiger partial charge in [-0.05, 0) is 38.5 Å². The SMILES string of the molecule is CCCCCCCCCC/C=C\CCCCCCCCCCCCCCCCCCCCCCCC(=O)OC(COC(=O)CCCCCCCCCCCCCCCCCCCCCCCCCC)COP(=O)([O-])OCC[N+](C)(C)C. The third-order valence-electron chi connectivity index (χ3n) is 16.5. The molecule has 0 aliphatic rings. The van der Waals surface area contributed by atoms with Crippen molar-refractivity contribution in [2.75, 3.05) is 47.5 Å². The number of esters is 2. The molecule has 10 heteroatoms. The van der Waals surface area contributed by atoms with Crippen molar-refractivity contribution in [2.24, 2.45) is 0 Å². The molecule has 0 heterocycles. The number of phosphoric ester groups is 1. The molecule has 0 N–H and O–H groups in total. The summed E-state index contributed by atoms with van der Waals surface area (Å²) < 4.78 is 34.3. The molecule has 0 saturated carbocycles. The lowest BCUT2D eigenvalue weighted by molar-refractivity contribution is -0.870. The van der Waals surface area contributed by atoms with E-state index in [0.29, 0.717) is 17.4 Å². The van der Waals surface area contributed by atoms with Gasteiger partial charge >= 0.3 is 11.9 Å². The monoisotopic (exact) mass is 1170 g/mol. The summed E-state index contributed by atoms with van der Waals surface area (Å²) in [6.07, 6.45) is 77.4. The van der Waals surface area contributed by atoms with Crippen LogP contribution in [0.4, 0.5) is 0 Å². The first kappa shape index (κ1) is 79.8. The van der Waals surface area contributed by atoms with Crippen molar-refractivity contribution in [1.29, 1.82) is 0 Å². The fraction of sp³-hybridized carbons (Fsp3) is 0.944. The third-order valence-corrected chi connectivity index (χ3v) is 17.5. The Balaban J connectivity index is 3.95. The summed E-state index contributed by atoms with van der Waals surface area (Å²) in [5.41, 5.74) is 0. The second-order valence-electron chi connectivity index (χ2n) is 26.0. The summed E-state index contributed by atoms with van der Waals surface area (Å²) in [7, 11) is 1.19. The Morgan fingerprint density at radius 1 is 0.370 bits per heavy atom. The van der Waals surface area contributed by atoms with E-state index < -0.39 is 26.5 Å². The molecule has 0 amide bonds. The van der Waals surface area contributed by atoms with Crippen LogP contribution in [0.15, 0.2) is 12.2 Å². The highest BCUT2D eigenvalue weighted by atomic mass is 31.2. The minimum Gasteiger partial charge on any atom is -0.756 e. The van der Waals surface area contributed by atoms with Crippen molar-refractivity contribution in [1.82, 2.24) is 0 Å². The van der Waals surface area contributed by atoms with Gasteiger partial charge in [-0.15, -0.1) is 0 Å². The van der Waals surface area contributed by atoms with Gasteiger partial charge in [-0.1, -0.05) is 341 Å². The van der Waals surface area contributed by atoms with E-state index in [1.54, 1.807) is 0 Å². The maximum atomic E-state index is 12.9. The van der Waals surface area contributed by atoms with Gasteiger partial charge in [0, 0.05) is 12.8 Å². The summed E-state index contributed by atoms with van der Waals surface area (Å²) >= 11 is 0. The lowest BCUT2D eigenvalue weighted by Gasteiger charge is -2.28. The Labute approximate surface area is 505 Å². The number of allylic oxidation sites excluding steroid dienone is 2. The molecule has 0 aromatic carbocycles. The lowest BCUT2D eigenvalue weighted by Crippen LogP contribution is -2.37. The number of ether oxygens (including phenoxy) is 2. The number of quaternary nitrogens is 1. The Bertz CT molecular complexity index is 1370. The van der Waals surface area contributed by atoms with Crippen LogP contribution >= 0.6 is 7.82 Å². The largest absolute Gasteiger partial charge is 0.756 e. The van der Waals surface area contributed by atoms with E-state index >= 15 is 0 Å². The van der Waals surface area contributed by atoms with Crippen molar-refractivity contribution < 1.29 is 42.1 Å². The predicted octanol–water partition coefficient (Wildman–Crippen LogP) is 22.5. The van der Waals surface area contributed by atoms with Gasteiger partial charge in [-0.2, -0.15) is 0 Å². The van der Waals surface area contributed by atoms with Crippen molar-refractivity contribution in [2.45, 2.75) is 386 Å². The van der Waals surface area contributed by atoms with E-state index in [1.807, 2.05) is 21.1 Å². The molecule has 0 rings (SSSR count). The zero-order chi connectivity index (χ0) is 59.1. The van der Waals surface area contributed by atoms with Crippen LogP contribution in [0, 0.1) is 0 Å². The first-order valence-corrected chi connectivity index (χ1v) is 37.4. The highest BCUT2D eigenvalue weighted by molar-refractivity contribution is 7.45. The summed E-state index contributed by atoms with van der Waals surface area (Å²) in [4.78, 5) is 38.1. The molecule has 81 heavy (non-hydrogen) atoms. The molecule has 0 bridgehead atoms. The standard InChI is InChI=1S/C71H140NO8P/c1-6-8-10-12-14-16-18-20-22-24-26-28-30-32-33-34-35-36-37-38-39-40-42-44-46-48-50-52-54-56-58-60-62-64-71(74)80-69(68-79-81(75,76)78-66-65-72(3,4)5)67-77-70(73)63-61-59-57-55-53-51-49-47-45-43-41-31-29-27-25-23-21-19-17-15-13-11-9-7-2/h24,26,69H,6-23,25,27-68H2,1-5H3/b26-24-. The molecule has 0 aliphatic heterocycles. The van der Waals surface area contributed by atoms with E-state index in [0.717, 1.165) is 32.1 Å². The van der Waals surface area contributed by atoms with E-state index in [4.69, 9.17) is 18.5 Å². The first-order valence-electron chi connectivity index (χ1n) is 35.9. The summed E-state index contributed by atoms with van der Waals surface area (Å²) in [5.74, 6) is -0.806. The van der Waals surface area contributed by atoms with E-state index in [9.17, 15) is 19.0 Å². The number of hydrogen-bond donors (Lipinski definition) is 0. The average Bonchev–Trinajstić information content (AvgIpc) is 3.43. The second kappa shape index (κ2) is 63.3. The van der Waals surface area contributed by atoms with Gasteiger partial charge in [0.25, 0.3) is 7.82 Å². The van der Waals surface area contributed by atoms with Crippen LogP contribution in [0.1, 0.15) is 380 Å². The number of carbonyl (C=O) groups is 2. The molecule has 482 valence electrons. The summed E-state index contributed by atoms with van der Waals surface area (Å²) in [6.45, 7) is 4.33. The highest BCUT2D eigenvalue weighted by Crippen LogP contribution is 2.38. The molecule has 0 aromatic rings. The number of rotatable bonds is 68. The maximum Gasteiger partial charge on any atom is 0.306 e. The number of phosphoric acid groups is 1. The van der Waals surface area contributed by atoms with Gasteiger partial charge in [-0.3, -0.25) is 14.2 Å². The van der Waals surface area contributed by atoms with Gasteiger partial charge in [-0.25, -0.2) is 0 Å². The molecular weight excluding hydrogens is 1030 g/mol. The van der Waals surface area contributed by atoms with Crippen LogP contribution in [-0.4, -0.2) is 70.0 Å². The predicted molar refractivity (Wildman–Crippen MR) is 347 cm³/mol. The number of hydrogen-bond acceptors (Lipinski definition) is 8. The van der Waals surface area contributed by atoms with Gasteiger partial charge in [0.05, 0.1) is 27.7 Å². The average molecular weight is 1170 g/mol. The van der Waals surface area contributed by atoms with Crippen LogP contribution in [0.5, 0.6) is 0 Å². The fourth-order valence-electron chi connectivity index (χ4n) is 11.0. The van der Waals surface area contributed by atoms with E-state index in [1.165, 1.54) is 315 Å². The number of unbranched alkanes of at least 4 members (excludes halogenated alkanes) is 52. The highest BCUT2D eigenvalue weighted by Gasteiger charge is 2.22. The molecule has 0 fully saturated rings. The number of nitrogens with zero attached hydrogens (tertiary/aromatic N) is 1. The smallest absolute Gasteiger partial charge is 0.306 e. The minimum absolute atomic E-state index is 0.0257. The summed E-state index contributed by atoms with van der Waals surface area (Å²) in [5, 5.41) is 0. The van der Waals surface area contributed by atoms with Crippen molar-refractivity contribution in [3.8, 4) is 0 Å². The van der Waals surface area contributed by atoms with Crippen LogP contribution in [0.2, 0.25) is 0 Å². The van der Waals surface area contributed by atoms with E-state index in [-0.39, 0.29) is 32.0 Å². The second-order valence-corrected chi connectivity index (χ2v) is 27.4. The van der Waals surface area contributed by atoms with Gasteiger partial charge in [0.2, 0.25) is 0 Å². The molecule has 0 radical (unpaired) electrons. The fourth-order valence-corrected chi connectivity index (χ4v) is 11.7. The molecule has 0 aliphatic carbocycles. The zero-order valence-electron chi connectivity index (χ0n) is 55.0. The Kier molecular flexibility index (Phi) is 62.3. The van der Waals surface area contributed by atoms with Crippen molar-refractivity contribution in [3.63, 3.8) is 0 Å². The molecule has 2 unspecified atom stereocenters.